The molecule has 1 aliphatic heterocycles. The van der Waals surface area contributed by atoms with Crippen LogP contribution in [0.2, 0.25) is 0 Å². The molecular formula is C12H14F3NOS2. The molecule has 7 heteroatoms. The van der Waals surface area contributed by atoms with Crippen LogP contribution in [-0.2, 0) is 10.8 Å². The van der Waals surface area contributed by atoms with Crippen LogP contribution in [0.4, 0.5) is 18.9 Å². The van der Waals surface area contributed by atoms with Gasteiger partial charge in [0.2, 0.25) is 0 Å². The molecule has 0 radical (unpaired) electrons. The zero-order valence-electron chi connectivity index (χ0n) is 10.1. The van der Waals surface area contributed by atoms with Crippen LogP contribution in [0.25, 0.3) is 0 Å². The highest BCUT2D eigenvalue weighted by molar-refractivity contribution is 8.00. The van der Waals surface area contributed by atoms with Crippen molar-refractivity contribution in [3.05, 3.63) is 24.3 Å². The number of benzene rings is 1. The van der Waals surface area contributed by atoms with Gasteiger partial charge >= 0.3 is 5.51 Å². The molecule has 0 spiro atoms. The summed E-state index contributed by atoms with van der Waals surface area (Å²) in [6, 6.07) is 6.49. The Balaban J connectivity index is 1.90. The number of anilines is 1. The molecule has 1 fully saturated rings. The first-order valence-electron chi connectivity index (χ1n) is 5.90. The number of halogens is 3. The van der Waals surface area contributed by atoms with E-state index in [1.165, 1.54) is 12.1 Å². The summed E-state index contributed by atoms with van der Waals surface area (Å²) in [6.07, 6.45) is 1.68. The SMILES string of the molecule is O=S1CCC(Nc2ccc(SC(F)(F)F)cc2)CC1. The molecule has 0 amide bonds. The van der Waals surface area contributed by atoms with Crippen LogP contribution in [0.1, 0.15) is 12.8 Å². The van der Waals surface area contributed by atoms with Crippen LogP contribution in [-0.4, -0.2) is 27.3 Å². The molecule has 1 aromatic carbocycles. The Kier molecular flexibility index (Phi) is 4.78. The van der Waals surface area contributed by atoms with Crippen molar-refractivity contribution in [1.29, 1.82) is 0 Å². The zero-order chi connectivity index (χ0) is 13.9. The number of hydrogen-bond acceptors (Lipinski definition) is 3. The highest BCUT2D eigenvalue weighted by Crippen LogP contribution is 2.37. The van der Waals surface area contributed by atoms with E-state index in [0.29, 0.717) is 11.5 Å². The van der Waals surface area contributed by atoms with Gasteiger partial charge in [0.05, 0.1) is 0 Å². The van der Waals surface area contributed by atoms with E-state index in [1.54, 1.807) is 12.1 Å². The molecule has 106 valence electrons. The monoisotopic (exact) mass is 309 g/mol. The average Bonchev–Trinajstić information content (AvgIpc) is 2.33. The van der Waals surface area contributed by atoms with Crippen molar-refractivity contribution in [3.63, 3.8) is 0 Å². The van der Waals surface area contributed by atoms with Crippen LogP contribution < -0.4 is 5.32 Å². The summed E-state index contributed by atoms with van der Waals surface area (Å²) in [7, 11) is -0.702. The van der Waals surface area contributed by atoms with Crippen molar-refractivity contribution in [2.75, 3.05) is 16.8 Å². The van der Waals surface area contributed by atoms with Crippen molar-refractivity contribution in [1.82, 2.24) is 0 Å². The lowest BCUT2D eigenvalue weighted by molar-refractivity contribution is -0.0328. The molecule has 1 aliphatic rings. The molecule has 0 bridgehead atoms. The molecule has 2 rings (SSSR count). The van der Waals surface area contributed by atoms with Crippen LogP contribution in [0, 0.1) is 0 Å². The third-order valence-corrected chi connectivity index (χ3v) is 4.97. The Labute approximate surface area is 116 Å². The fourth-order valence-corrected chi connectivity index (χ4v) is 3.77. The van der Waals surface area contributed by atoms with Gasteiger partial charge in [0.1, 0.15) is 0 Å². The van der Waals surface area contributed by atoms with Gasteiger partial charge in [0, 0.05) is 38.9 Å². The fraction of sp³-hybridized carbons (Fsp3) is 0.500. The van der Waals surface area contributed by atoms with E-state index in [4.69, 9.17) is 0 Å². The highest BCUT2D eigenvalue weighted by atomic mass is 32.2. The Morgan fingerprint density at radius 2 is 1.74 bits per heavy atom. The van der Waals surface area contributed by atoms with Crippen molar-refractivity contribution in [2.45, 2.75) is 29.3 Å². The summed E-state index contributed by atoms with van der Waals surface area (Å²) in [5.74, 6) is 1.39. The molecule has 1 saturated heterocycles. The van der Waals surface area contributed by atoms with E-state index in [9.17, 15) is 17.4 Å². The van der Waals surface area contributed by atoms with Gasteiger partial charge in [-0.1, -0.05) is 0 Å². The first-order valence-corrected chi connectivity index (χ1v) is 8.20. The van der Waals surface area contributed by atoms with Gasteiger partial charge in [-0.15, -0.1) is 0 Å². The van der Waals surface area contributed by atoms with Crippen LogP contribution >= 0.6 is 11.8 Å². The molecule has 0 aliphatic carbocycles. The van der Waals surface area contributed by atoms with E-state index < -0.39 is 16.3 Å². The predicted molar refractivity (Wildman–Crippen MR) is 72.9 cm³/mol. The summed E-state index contributed by atoms with van der Waals surface area (Å²) in [5.41, 5.74) is -3.44. The lowest BCUT2D eigenvalue weighted by Crippen LogP contribution is -2.29. The minimum Gasteiger partial charge on any atom is -0.382 e. The first kappa shape index (κ1) is 14.7. The van der Waals surface area contributed by atoms with E-state index in [2.05, 4.69) is 5.32 Å². The van der Waals surface area contributed by atoms with Crippen molar-refractivity contribution in [2.24, 2.45) is 0 Å². The van der Waals surface area contributed by atoms with E-state index >= 15 is 0 Å². The molecule has 1 heterocycles. The lowest BCUT2D eigenvalue weighted by Gasteiger charge is -2.23. The summed E-state index contributed by atoms with van der Waals surface area (Å²) < 4.78 is 47.7. The lowest BCUT2D eigenvalue weighted by atomic mass is 10.1. The standard InChI is InChI=1S/C12H14F3NOS2/c13-12(14,15)18-11-3-1-9(2-4-11)16-10-5-7-19(17)8-6-10/h1-4,10,16H,5-8H2. The molecule has 1 aromatic rings. The van der Waals surface area contributed by atoms with Crippen molar-refractivity contribution in [3.8, 4) is 0 Å². The first-order chi connectivity index (χ1) is 8.92. The topological polar surface area (TPSA) is 29.1 Å². The van der Waals surface area contributed by atoms with Gasteiger partial charge in [-0.3, -0.25) is 4.21 Å². The number of thioether (sulfide) groups is 1. The Morgan fingerprint density at radius 3 is 2.26 bits per heavy atom. The third-order valence-electron chi connectivity index (χ3n) is 2.85. The second-order valence-corrected chi connectivity index (χ2v) is 7.17. The minimum absolute atomic E-state index is 0.112. The van der Waals surface area contributed by atoms with Gasteiger partial charge in [-0.25, -0.2) is 0 Å². The third kappa shape index (κ3) is 5.06. The van der Waals surface area contributed by atoms with Crippen LogP contribution in [0.5, 0.6) is 0 Å². The predicted octanol–water partition coefficient (Wildman–Crippen LogP) is 3.62. The summed E-state index contributed by atoms with van der Waals surface area (Å²) in [4.78, 5) is 0.183. The minimum atomic E-state index is -4.25. The Bertz CT molecular complexity index is 437. The molecule has 19 heavy (non-hydrogen) atoms. The van der Waals surface area contributed by atoms with Crippen LogP contribution in [0.3, 0.4) is 0 Å². The van der Waals surface area contributed by atoms with Crippen LogP contribution in [0.15, 0.2) is 29.2 Å². The second kappa shape index (κ2) is 6.17. The molecule has 0 aromatic heterocycles. The van der Waals surface area contributed by atoms with E-state index in [1.807, 2.05) is 0 Å². The molecular weight excluding hydrogens is 295 g/mol. The van der Waals surface area contributed by atoms with E-state index in [-0.39, 0.29) is 22.7 Å². The van der Waals surface area contributed by atoms with Gasteiger partial charge in [-0.05, 0) is 48.9 Å². The van der Waals surface area contributed by atoms with Gasteiger partial charge in [0.25, 0.3) is 0 Å². The highest BCUT2D eigenvalue weighted by Gasteiger charge is 2.29. The Morgan fingerprint density at radius 1 is 1.16 bits per heavy atom. The van der Waals surface area contributed by atoms with Gasteiger partial charge in [0.15, 0.2) is 0 Å². The quantitative estimate of drug-likeness (QED) is 0.865. The summed E-state index contributed by atoms with van der Waals surface area (Å²) in [6.45, 7) is 0. The number of hydrogen-bond donors (Lipinski definition) is 1. The fourth-order valence-electron chi connectivity index (χ4n) is 1.93. The maximum Gasteiger partial charge on any atom is 0.446 e. The number of nitrogens with one attached hydrogen (secondary N) is 1. The smallest absolute Gasteiger partial charge is 0.382 e. The zero-order valence-corrected chi connectivity index (χ0v) is 11.7. The molecule has 2 nitrogen and oxygen atoms in total. The molecule has 1 N–H and O–H groups in total. The maximum absolute atomic E-state index is 12.2. The summed E-state index contributed by atoms with van der Waals surface area (Å²) in [5, 5.41) is 3.27. The average molecular weight is 309 g/mol. The van der Waals surface area contributed by atoms with E-state index in [0.717, 1.165) is 18.5 Å². The van der Waals surface area contributed by atoms with Gasteiger partial charge in [-0.2, -0.15) is 13.2 Å². The number of alkyl halides is 3. The van der Waals surface area contributed by atoms with Crippen molar-refractivity contribution >= 4 is 28.2 Å². The molecule has 0 unspecified atom stereocenters. The second-order valence-electron chi connectivity index (χ2n) is 4.34. The normalized spacial score (nSPS) is 24.2. The Hall–Kier alpha value is -0.690. The molecule has 0 saturated carbocycles. The maximum atomic E-state index is 12.2. The molecule has 0 atom stereocenters. The number of rotatable bonds is 3. The summed E-state index contributed by atoms with van der Waals surface area (Å²) >= 11 is -0.112. The van der Waals surface area contributed by atoms with Crippen molar-refractivity contribution < 1.29 is 17.4 Å². The largest absolute Gasteiger partial charge is 0.446 e. The van der Waals surface area contributed by atoms with Gasteiger partial charge < -0.3 is 5.32 Å².